The largest absolute Gasteiger partial charge is 0.445 e. The molecule has 1 heterocycles. The molecule has 0 unspecified atom stereocenters. The Bertz CT molecular complexity index is 561. The first-order chi connectivity index (χ1) is 9.47. The van der Waals surface area contributed by atoms with Gasteiger partial charge in [0.25, 0.3) is 0 Å². The second kappa shape index (κ2) is 6.45. The lowest BCUT2D eigenvalue weighted by atomic mass is 10.1. The van der Waals surface area contributed by atoms with E-state index in [-0.39, 0.29) is 13.2 Å². The lowest BCUT2D eigenvalue weighted by molar-refractivity contribution is 0.0900. The minimum absolute atomic E-state index is 0.0967. The maximum atomic E-state index is 11.9. The van der Waals surface area contributed by atoms with E-state index in [4.69, 9.17) is 15.4 Å². The van der Waals surface area contributed by atoms with Crippen molar-refractivity contribution in [2.45, 2.75) is 24.7 Å². The minimum atomic E-state index is -3.64. The third-order valence-electron chi connectivity index (χ3n) is 3.24. The van der Waals surface area contributed by atoms with Crippen molar-refractivity contribution in [3.63, 3.8) is 0 Å². The standard InChI is InChI=1S/C13H16ClNO4S/c14-20(17,18)12-7-4-8-15(9-12)13(16)19-10-11-5-2-1-3-6-11/h1-3,5-6,12H,4,7-10H2/t12-/m0/s1. The summed E-state index contributed by atoms with van der Waals surface area (Å²) in [4.78, 5) is 13.3. The molecule has 2 rings (SSSR count). The molecule has 110 valence electrons. The van der Waals surface area contributed by atoms with Crippen molar-refractivity contribution >= 4 is 25.8 Å². The molecule has 5 nitrogen and oxygen atoms in total. The highest BCUT2D eigenvalue weighted by Crippen LogP contribution is 2.20. The van der Waals surface area contributed by atoms with E-state index in [9.17, 15) is 13.2 Å². The topological polar surface area (TPSA) is 63.7 Å². The molecule has 1 saturated heterocycles. The Morgan fingerprint density at radius 2 is 2.05 bits per heavy atom. The van der Waals surface area contributed by atoms with Gasteiger partial charge >= 0.3 is 6.09 Å². The Kier molecular flexibility index (Phi) is 4.88. The van der Waals surface area contributed by atoms with E-state index in [0.717, 1.165) is 5.56 Å². The van der Waals surface area contributed by atoms with Gasteiger partial charge in [-0.25, -0.2) is 13.2 Å². The minimum Gasteiger partial charge on any atom is -0.445 e. The smallest absolute Gasteiger partial charge is 0.410 e. The summed E-state index contributed by atoms with van der Waals surface area (Å²) in [5, 5.41) is -0.706. The van der Waals surface area contributed by atoms with Crippen molar-refractivity contribution in [2.75, 3.05) is 13.1 Å². The number of benzene rings is 1. The fraction of sp³-hybridized carbons (Fsp3) is 0.462. The summed E-state index contributed by atoms with van der Waals surface area (Å²) >= 11 is 0. The van der Waals surface area contributed by atoms with Crippen LogP contribution in [0.1, 0.15) is 18.4 Å². The fourth-order valence-electron chi connectivity index (χ4n) is 2.14. The Morgan fingerprint density at radius 1 is 1.35 bits per heavy atom. The van der Waals surface area contributed by atoms with Gasteiger partial charge in [-0.1, -0.05) is 30.3 Å². The molecular formula is C13H16ClNO4S. The Labute approximate surface area is 122 Å². The number of rotatable bonds is 3. The number of piperidine rings is 1. The molecule has 20 heavy (non-hydrogen) atoms. The number of likely N-dealkylation sites (tertiary alicyclic amines) is 1. The number of carbonyl (C=O) groups excluding carboxylic acids is 1. The van der Waals surface area contributed by atoms with E-state index in [0.29, 0.717) is 19.4 Å². The van der Waals surface area contributed by atoms with Crippen molar-refractivity contribution in [1.29, 1.82) is 0 Å². The molecule has 1 aromatic rings. The molecule has 1 aromatic carbocycles. The normalized spacial score (nSPS) is 19.6. The Balaban J connectivity index is 1.89. The predicted molar refractivity (Wildman–Crippen MR) is 76.0 cm³/mol. The van der Waals surface area contributed by atoms with Crippen LogP contribution in [0.5, 0.6) is 0 Å². The second-order valence-electron chi connectivity index (χ2n) is 4.73. The van der Waals surface area contributed by atoms with Crippen molar-refractivity contribution < 1.29 is 17.9 Å². The van der Waals surface area contributed by atoms with E-state index in [1.807, 2.05) is 30.3 Å². The van der Waals surface area contributed by atoms with E-state index >= 15 is 0 Å². The molecule has 1 aliphatic heterocycles. The highest BCUT2D eigenvalue weighted by Gasteiger charge is 2.32. The van der Waals surface area contributed by atoms with Crippen LogP contribution in [0, 0.1) is 0 Å². The lowest BCUT2D eigenvalue weighted by Crippen LogP contribution is -2.44. The molecule has 0 saturated carbocycles. The maximum absolute atomic E-state index is 11.9. The van der Waals surface area contributed by atoms with Crippen molar-refractivity contribution in [3.8, 4) is 0 Å². The Morgan fingerprint density at radius 3 is 2.70 bits per heavy atom. The quantitative estimate of drug-likeness (QED) is 0.803. The van der Waals surface area contributed by atoms with Crippen LogP contribution in [0.2, 0.25) is 0 Å². The van der Waals surface area contributed by atoms with Crippen LogP contribution in [0.3, 0.4) is 0 Å². The molecule has 1 fully saturated rings. The van der Waals surface area contributed by atoms with E-state index in [2.05, 4.69) is 0 Å². The zero-order valence-corrected chi connectivity index (χ0v) is 12.4. The van der Waals surface area contributed by atoms with Gasteiger partial charge in [0, 0.05) is 23.8 Å². The van der Waals surface area contributed by atoms with Gasteiger partial charge in [-0.3, -0.25) is 0 Å². The van der Waals surface area contributed by atoms with Crippen LogP contribution in [0.4, 0.5) is 4.79 Å². The van der Waals surface area contributed by atoms with Gasteiger partial charge in [-0.05, 0) is 18.4 Å². The van der Waals surface area contributed by atoms with E-state index in [1.54, 1.807) is 0 Å². The SMILES string of the molecule is O=C(OCc1ccccc1)N1CCC[C@H](S(=O)(=O)Cl)C1. The molecule has 0 aromatic heterocycles. The van der Waals surface area contributed by atoms with Crippen molar-refractivity contribution in [3.05, 3.63) is 35.9 Å². The maximum Gasteiger partial charge on any atom is 0.410 e. The summed E-state index contributed by atoms with van der Waals surface area (Å²) in [6, 6.07) is 9.32. The van der Waals surface area contributed by atoms with Gasteiger partial charge in [0.2, 0.25) is 9.05 Å². The number of halogens is 1. The molecule has 7 heteroatoms. The van der Waals surface area contributed by atoms with E-state index < -0.39 is 20.4 Å². The number of hydrogen-bond acceptors (Lipinski definition) is 4. The predicted octanol–water partition coefficient (Wildman–Crippen LogP) is 2.36. The summed E-state index contributed by atoms with van der Waals surface area (Å²) in [5.74, 6) is 0. The highest BCUT2D eigenvalue weighted by atomic mass is 35.7. The third kappa shape index (κ3) is 4.11. The zero-order chi connectivity index (χ0) is 14.6. The molecule has 1 amide bonds. The number of ether oxygens (including phenoxy) is 1. The van der Waals surface area contributed by atoms with E-state index in [1.165, 1.54) is 4.90 Å². The summed E-state index contributed by atoms with van der Waals surface area (Å²) in [6.07, 6.45) is 0.588. The summed E-state index contributed by atoms with van der Waals surface area (Å²) in [5.41, 5.74) is 0.888. The number of nitrogens with zero attached hydrogens (tertiary/aromatic N) is 1. The van der Waals surface area contributed by atoms with Gasteiger partial charge < -0.3 is 9.64 Å². The molecule has 1 atom stereocenters. The van der Waals surface area contributed by atoms with Gasteiger partial charge in [0.05, 0.1) is 5.25 Å². The van der Waals surface area contributed by atoms with Gasteiger partial charge in [0.1, 0.15) is 6.61 Å². The van der Waals surface area contributed by atoms with Gasteiger partial charge in [-0.15, -0.1) is 0 Å². The van der Waals surface area contributed by atoms with Crippen LogP contribution in [0.15, 0.2) is 30.3 Å². The lowest BCUT2D eigenvalue weighted by Gasteiger charge is -2.30. The van der Waals surface area contributed by atoms with Crippen LogP contribution in [-0.2, 0) is 20.4 Å². The molecule has 0 aliphatic carbocycles. The number of carbonyl (C=O) groups is 1. The first-order valence-electron chi connectivity index (χ1n) is 6.36. The Hall–Kier alpha value is -1.27. The average Bonchev–Trinajstić information content (AvgIpc) is 2.45. The summed E-state index contributed by atoms with van der Waals surface area (Å²) < 4.78 is 27.8. The first-order valence-corrected chi connectivity index (χ1v) is 8.73. The van der Waals surface area contributed by atoms with Crippen LogP contribution in [-0.4, -0.2) is 37.8 Å². The number of amides is 1. The monoisotopic (exact) mass is 317 g/mol. The van der Waals surface area contributed by atoms with Crippen LogP contribution >= 0.6 is 10.7 Å². The van der Waals surface area contributed by atoms with Crippen LogP contribution in [0.25, 0.3) is 0 Å². The molecule has 0 radical (unpaired) electrons. The summed E-state index contributed by atoms with van der Waals surface area (Å²) in [7, 11) is 1.71. The fourth-order valence-corrected chi connectivity index (χ4v) is 3.39. The molecule has 1 aliphatic rings. The van der Waals surface area contributed by atoms with Crippen LogP contribution < -0.4 is 0 Å². The molecular weight excluding hydrogens is 302 g/mol. The molecule has 0 spiro atoms. The molecule has 0 N–H and O–H groups in total. The second-order valence-corrected chi connectivity index (χ2v) is 7.63. The highest BCUT2D eigenvalue weighted by molar-refractivity contribution is 8.14. The molecule has 0 bridgehead atoms. The van der Waals surface area contributed by atoms with Gasteiger partial charge in [-0.2, -0.15) is 0 Å². The van der Waals surface area contributed by atoms with Gasteiger partial charge in [0.15, 0.2) is 0 Å². The average molecular weight is 318 g/mol. The number of hydrogen-bond donors (Lipinski definition) is 0. The first kappa shape index (κ1) is 15.1. The van der Waals surface area contributed by atoms with Crippen molar-refractivity contribution in [1.82, 2.24) is 4.90 Å². The third-order valence-corrected chi connectivity index (χ3v) is 5.18. The summed E-state index contributed by atoms with van der Waals surface area (Å²) in [6.45, 7) is 0.768. The zero-order valence-electron chi connectivity index (χ0n) is 10.9. The van der Waals surface area contributed by atoms with Crippen molar-refractivity contribution in [2.24, 2.45) is 0 Å².